The average Bonchev–Trinajstić information content (AvgIpc) is 2.21. The summed E-state index contributed by atoms with van der Waals surface area (Å²) in [5.41, 5.74) is 0.936. The Balaban J connectivity index is 2.76. The fourth-order valence-corrected chi connectivity index (χ4v) is 1.48. The highest BCUT2D eigenvalue weighted by molar-refractivity contribution is 6.40. The fraction of sp³-hybridized carbons (Fsp3) is 0.385. The summed E-state index contributed by atoms with van der Waals surface area (Å²) in [6.07, 6.45) is 0. The highest BCUT2D eigenvalue weighted by Crippen LogP contribution is 2.20. The fourth-order valence-electron chi connectivity index (χ4n) is 1.31. The first kappa shape index (κ1) is 14.5. The maximum absolute atomic E-state index is 11.7. The van der Waals surface area contributed by atoms with Crippen LogP contribution in [0.25, 0.3) is 0 Å². The van der Waals surface area contributed by atoms with Gasteiger partial charge < -0.3 is 10.6 Å². The minimum atomic E-state index is -0.699. The summed E-state index contributed by atoms with van der Waals surface area (Å²) in [4.78, 5) is 23.3. The van der Waals surface area contributed by atoms with Crippen molar-refractivity contribution in [1.82, 2.24) is 5.32 Å². The number of hydrogen-bond donors (Lipinski definition) is 2. The van der Waals surface area contributed by atoms with Crippen molar-refractivity contribution in [3.05, 3.63) is 28.8 Å². The summed E-state index contributed by atoms with van der Waals surface area (Å²) in [6, 6.07) is 5.11. The molecular formula is C13H17ClN2O2. The first-order valence-corrected chi connectivity index (χ1v) is 5.96. The van der Waals surface area contributed by atoms with Gasteiger partial charge in [0.15, 0.2) is 0 Å². The maximum Gasteiger partial charge on any atom is 0.313 e. The van der Waals surface area contributed by atoms with Crippen LogP contribution in [0.15, 0.2) is 18.2 Å². The van der Waals surface area contributed by atoms with Gasteiger partial charge in [-0.1, -0.05) is 17.7 Å². The molecule has 2 N–H and O–H groups in total. The standard InChI is InChI=1S/C13H17ClN2O2/c1-8-5-6-9(14)7-10(8)15-11(17)12(18)16-13(2,3)4/h5-7H,1-4H3,(H,15,17)(H,16,18). The van der Waals surface area contributed by atoms with E-state index in [1.54, 1.807) is 18.2 Å². The van der Waals surface area contributed by atoms with Crippen LogP contribution in [-0.2, 0) is 9.59 Å². The number of anilines is 1. The second-order valence-corrected chi connectivity index (χ2v) is 5.55. The first-order chi connectivity index (χ1) is 8.19. The van der Waals surface area contributed by atoms with Crippen molar-refractivity contribution in [2.75, 3.05) is 5.32 Å². The van der Waals surface area contributed by atoms with E-state index in [2.05, 4.69) is 10.6 Å². The van der Waals surface area contributed by atoms with Gasteiger partial charge in [-0.3, -0.25) is 9.59 Å². The molecule has 18 heavy (non-hydrogen) atoms. The van der Waals surface area contributed by atoms with E-state index in [1.807, 2.05) is 27.7 Å². The quantitative estimate of drug-likeness (QED) is 0.769. The minimum Gasteiger partial charge on any atom is -0.343 e. The van der Waals surface area contributed by atoms with Crippen LogP contribution in [0.1, 0.15) is 26.3 Å². The van der Waals surface area contributed by atoms with Gasteiger partial charge in [-0.2, -0.15) is 0 Å². The molecule has 0 radical (unpaired) electrons. The zero-order chi connectivity index (χ0) is 13.9. The van der Waals surface area contributed by atoms with E-state index >= 15 is 0 Å². The Labute approximate surface area is 112 Å². The van der Waals surface area contributed by atoms with Crippen LogP contribution >= 0.6 is 11.6 Å². The molecular weight excluding hydrogens is 252 g/mol. The van der Waals surface area contributed by atoms with Gasteiger partial charge in [0.2, 0.25) is 0 Å². The Hall–Kier alpha value is -1.55. The van der Waals surface area contributed by atoms with Gasteiger partial charge in [-0.05, 0) is 45.4 Å². The molecule has 0 spiro atoms. The third kappa shape index (κ3) is 4.37. The third-order valence-electron chi connectivity index (χ3n) is 2.14. The van der Waals surface area contributed by atoms with Gasteiger partial charge in [0.1, 0.15) is 0 Å². The van der Waals surface area contributed by atoms with Crippen molar-refractivity contribution in [3.63, 3.8) is 0 Å². The smallest absolute Gasteiger partial charge is 0.313 e. The van der Waals surface area contributed by atoms with Crippen LogP contribution in [-0.4, -0.2) is 17.4 Å². The molecule has 4 nitrogen and oxygen atoms in total. The molecule has 0 saturated carbocycles. The van der Waals surface area contributed by atoms with E-state index in [4.69, 9.17) is 11.6 Å². The molecule has 1 rings (SSSR count). The lowest BCUT2D eigenvalue weighted by Gasteiger charge is -2.20. The number of halogens is 1. The second-order valence-electron chi connectivity index (χ2n) is 5.12. The number of hydrogen-bond acceptors (Lipinski definition) is 2. The average molecular weight is 269 g/mol. The summed E-state index contributed by atoms with van der Waals surface area (Å²) in [6.45, 7) is 7.25. The van der Waals surface area contributed by atoms with Gasteiger partial charge in [0, 0.05) is 16.2 Å². The lowest BCUT2D eigenvalue weighted by atomic mass is 10.1. The normalized spacial score (nSPS) is 10.9. The number of nitrogens with one attached hydrogen (secondary N) is 2. The Morgan fingerprint density at radius 2 is 1.78 bits per heavy atom. The van der Waals surface area contributed by atoms with E-state index in [0.717, 1.165) is 5.56 Å². The lowest BCUT2D eigenvalue weighted by Crippen LogP contribution is -2.46. The Bertz CT molecular complexity index is 478. The topological polar surface area (TPSA) is 58.2 Å². The predicted octanol–water partition coefficient (Wildman–Crippen LogP) is 2.50. The van der Waals surface area contributed by atoms with Crippen molar-refractivity contribution in [2.24, 2.45) is 0 Å². The van der Waals surface area contributed by atoms with E-state index in [0.29, 0.717) is 10.7 Å². The van der Waals surface area contributed by atoms with Crippen LogP contribution in [0, 0.1) is 6.92 Å². The van der Waals surface area contributed by atoms with Gasteiger partial charge >= 0.3 is 11.8 Å². The second kappa shape index (κ2) is 5.40. The molecule has 98 valence electrons. The molecule has 0 atom stereocenters. The van der Waals surface area contributed by atoms with Gasteiger partial charge in [0.25, 0.3) is 0 Å². The van der Waals surface area contributed by atoms with E-state index in [-0.39, 0.29) is 0 Å². The van der Waals surface area contributed by atoms with Crippen LogP contribution in [0.2, 0.25) is 5.02 Å². The van der Waals surface area contributed by atoms with E-state index in [9.17, 15) is 9.59 Å². The predicted molar refractivity (Wildman–Crippen MR) is 72.7 cm³/mol. The molecule has 0 aliphatic heterocycles. The van der Waals surface area contributed by atoms with Crippen LogP contribution in [0.4, 0.5) is 5.69 Å². The number of rotatable bonds is 1. The summed E-state index contributed by atoms with van der Waals surface area (Å²) in [5, 5.41) is 5.63. The molecule has 0 bridgehead atoms. The highest BCUT2D eigenvalue weighted by Gasteiger charge is 2.20. The Morgan fingerprint density at radius 1 is 1.17 bits per heavy atom. The van der Waals surface area contributed by atoms with Gasteiger partial charge in [-0.15, -0.1) is 0 Å². The van der Waals surface area contributed by atoms with Crippen molar-refractivity contribution >= 4 is 29.1 Å². The maximum atomic E-state index is 11.7. The van der Waals surface area contributed by atoms with Crippen molar-refractivity contribution in [2.45, 2.75) is 33.2 Å². The molecule has 0 unspecified atom stereocenters. The van der Waals surface area contributed by atoms with Crippen molar-refractivity contribution in [1.29, 1.82) is 0 Å². The highest BCUT2D eigenvalue weighted by atomic mass is 35.5. The molecule has 0 aromatic heterocycles. The molecule has 5 heteroatoms. The molecule has 1 aromatic rings. The molecule has 0 aliphatic rings. The molecule has 0 aliphatic carbocycles. The molecule has 0 saturated heterocycles. The number of carbonyl (C=O) groups excluding carboxylic acids is 2. The first-order valence-electron chi connectivity index (χ1n) is 5.59. The van der Waals surface area contributed by atoms with Crippen LogP contribution in [0.5, 0.6) is 0 Å². The Morgan fingerprint density at radius 3 is 2.33 bits per heavy atom. The monoisotopic (exact) mass is 268 g/mol. The van der Waals surface area contributed by atoms with Gasteiger partial charge in [0.05, 0.1) is 0 Å². The minimum absolute atomic E-state index is 0.447. The third-order valence-corrected chi connectivity index (χ3v) is 2.38. The summed E-state index contributed by atoms with van der Waals surface area (Å²) < 4.78 is 0. The molecule has 0 heterocycles. The zero-order valence-electron chi connectivity index (χ0n) is 10.9. The summed E-state index contributed by atoms with van der Waals surface area (Å²) in [7, 11) is 0. The van der Waals surface area contributed by atoms with Crippen LogP contribution in [0.3, 0.4) is 0 Å². The number of amides is 2. The zero-order valence-corrected chi connectivity index (χ0v) is 11.7. The van der Waals surface area contributed by atoms with Gasteiger partial charge in [-0.25, -0.2) is 0 Å². The van der Waals surface area contributed by atoms with Crippen molar-refractivity contribution < 1.29 is 9.59 Å². The SMILES string of the molecule is Cc1ccc(Cl)cc1NC(=O)C(=O)NC(C)(C)C. The Kier molecular flexibility index (Phi) is 4.35. The van der Waals surface area contributed by atoms with Crippen LogP contribution < -0.4 is 10.6 Å². The van der Waals surface area contributed by atoms with E-state index in [1.165, 1.54) is 0 Å². The summed E-state index contributed by atoms with van der Waals surface area (Å²) in [5.74, 6) is -1.36. The van der Waals surface area contributed by atoms with Crippen molar-refractivity contribution in [3.8, 4) is 0 Å². The largest absolute Gasteiger partial charge is 0.343 e. The number of benzene rings is 1. The number of carbonyl (C=O) groups is 2. The lowest BCUT2D eigenvalue weighted by molar-refractivity contribution is -0.137. The summed E-state index contributed by atoms with van der Waals surface area (Å²) >= 11 is 5.83. The molecule has 2 amide bonds. The molecule has 0 fully saturated rings. The number of aryl methyl sites for hydroxylation is 1. The van der Waals surface area contributed by atoms with E-state index < -0.39 is 17.4 Å². The molecule has 1 aromatic carbocycles.